The van der Waals surface area contributed by atoms with Crippen LogP contribution < -0.4 is 11.1 Å². The van der Waals surface area contributed by atoms with Gasteiger partial charge in [0.15, 0.2) is 0 Å². The van der Waals surface area contributed by atoms with Crippen molar-refractivity contribution in [3.05, 3.63) is 60.8 Å². The largest absolute Gasteiger partial charge is 0.472 e. The number of phosphoric ester groups is 1. The molecule has 0 bridgehead atoms. The van der Waals surface area contributed by atoms with Gasteiger partial charge in [0.05, 0.1) is 25.4 Å². The van der Waals surface area contributed by atoms with Crippen molar-refractivity contribution in [1.29, 1.82) is 0 Å². The van der Waals surface area contributed by atoms with Crippen LogP contribution in [0.2, 0.25) is 0 Å². The molecule has 5 N–H and O–H groups in total. The van der Waals surface area contributed by atoms with E-state index in [1.165, 1.54) is 96.3 Å². The smallest absolute Gasteiger partial charge is 0.387 e. The first-order chi connectivity index (χ1) is 24.9. The molecule has 1 amide bonds. The minimum absolute atomic E-state index is 0.0689. The molecule has 8 nitrogen and oxygen atoms in total. The number of nitrogens with two attached hydrogens (primary N) is 1. The summed E-state index contributed by atoms with van der Waals surface area (Å²) < 4.78 is 22.0. The average Bonchev–Trinajstić information content (AvgIpc) is 3.12. The minimum Gasteiger partial charge on any atom is -0.387 e. The Morgan fingerprint density at radius 1 is 0.686 bits per heavy atom. The van der Waals surface area contributed by atoms with Gasteiger partial charge in [0.25, 0.3) is 0 Å². The van der Waals surface area contributed by atoms with Crippen LogP contribution in [0.5, 0.6) is 0 Å². The number of nitrogens with one attached hydrogen (secondary N) is 1. The average molecular weight is 737 g/mol. The third-order valence-electron chi connectivity index (χ3n) is 8.64. The van der Waals surface area contributed by atoms with Gasteiger partial charge in [-0.1, -0.05) is 151 Å². The molecule has 0 aromatic carbocycles. The van der Waals surface area contributed by atoms with Gasteiger partial charge in [-0.3, -0.25) is 13.8 Å². The van der Waals surface area contributed by atoms with Crippen molar-refractivity contribution in [1.82, 2.24) is 5.32 Å². The van der Waals surface area contributed by atoms with Crippen molar-refractivity contribution >= 4 is 13.7 Å². The first-order valence-corrected chi connectivity index (χ1v) is 21.9. The van der Waals surface area contributed by atoms with Gasteiger partial charge in [-0.2, -0.15) is 0 Å². The lowest BCUT2D eigenvalue weighted by molar-refractivity contribution is -0.123. The molecule has 51 heavy (non-hydrogen) atoms. The normalized spacial score (nSPS) is 14.8. The van der Waals surface area contributed by atoms with Crippen molar-refractivity contribution in [2.75, 3.05) is 19.8 Å². The zero-order valence-electron chi connectivity index (χ0n) is 32.6. The molecule has 3 atom stereocenters. The highest BCUT2D eigenvalue weighted by Crippen LogP contribution is 2.43. The number of unbranched alkanes of at least 4 members (excludes halogenated alkanes) is 18. The van der Waals surface area contributed by atoms with Gasteiger partial charge in [0, 0.05) is 13.0 Å². The number of allylic oxidation sites excluding steroid dienone is 9. The number of carbonyl (C=O) groups excluding carboxylic acids is 1. The van der Waals surface area contributed by atoms with Crippen LogP contribution in [0.4, 0.5) is 0 Å². The quantitative estimate of drug-likeness (QED) is 0.0284. The summed E-state index contributed by atoms with van der Waals surface area (Å²) in [6.45, 7) is 3.84. The molecule has 0 saturated heterocycles. The van der Waals surface area contributed by atoms with Crippen LogP contribution in [-0.4, -0.2) is 47.8 Å². The topological polar surface area (TPSA) is 131 Å². The molecule has 0 aromatic rings. The Kier molecular flexibility index (Phi) is 36.6. The maximum Gasteiger partial charge on any atom is 0.472 e. The number of aliphatic hydroxyl groups excluding tert-OH is 1. The standard InChI is InChI=1S/C42H77N2O6P/c1-3-5-7-9-11-13-14-15-16-17-18-19-20-21-22-23-24-25-26-28-30-32-34-36-42(46)44-40(39-50-51(47,48)49-38-37-43)41(45)35-33-31-29-27-12-10-8-6-4-2/h4,6,12,14-15,17-18,27,33,35,40-41,45H,3,5,7-11,13,16,19-26,28-32,34,36-39,43H2,1-2H3,(H,44,46)(H,47,48)/b6-4+,15-14-,18-17-,27-12+,35-33+. The number of phosphoric acid groups is 1. The Labute approximate surface area is 313 Å². The Morgan fingerprint density at radius 2 is 1.18 bits per heavy atom. The number of hydrogen-bond donors (Lipinski definition) is 4. The summed E-state index contributed by atoms with van der Waals surface area (Å²) in [4.78, 5) is 22.6. The second-order valence-electron chi connectivity index (χ2n) is 13.5. The second-order valence-corrected chi connectivity index (χ2v) is 14.9. The lowest BCUT2D eigenvalue weighted by Crippen LogP contribution is -2.45. The van der Waals surface area contributed by atoms with Crippen LogP contribution in [0.1, 0.15) is 168 Å². The zero-order chi connectivity index (χ0) is 37.5. The molecular formula is C42H77N2O6P. The van der Waals surface area contributed by atoms with Crippen LogP contribution in [0, 0.1) is 0 Å². The Morgan fingerprint density at radius 3 is 1.73 bits per heavy atom. The highest BCUT2D eigenvalue weighted by molar-refractivity contribution is 7.47. The summed E-state index contributed by atoms with van der Waals surface area (Å²) in [6, 6.07) is -0.884. The van der Waals surface area contributed by atoms with Gasteiger partial charge in [0.2, 0.25) is 5.91 Å². The predicted octanol–water partition coefficient (Wildman–Crippen LogP) is 11.1. The Hall–Kier alpha value is -1.80. The summed E-state index contributed by atoms with van der Waals surface area (Å²) in [5.41, 5.74) is 5.35. The highest BCUT2D eigenvalue weighted by atomic mass is 31.2. The molecule has 0 radical (unpaired) electrons. The lowest BCUT2D eigenvalue weighted by atomic mass is 10.0. The first kappa shape index (κ1) is 49.2. The molecule has 0 saturated carbocycles. The van der Waals surface area contributed by atoms with Gasteiger partial charge in [-0.15, -0.1) is 0 Å². The van der Waals surface area contributed by atoms with E-state index in [0.29, 0.717) is 6.42 Å². The third kappa shape index (κ3) is 36.4. The third-order valence-corrected chi connectivity index (χ3v) is 9.62. The monoisotopic (exact) mass is 737 g/mol. The van der Waals surface area contributed by atoms with Gasteiger partial charge >= 0.3 is 7.82 Å². The molecule has 296 valence electrons. The summed E-state index contributed by atoms with van der Waals surface area (Å²) >= 11 is 0. The highest BCUT2D eigenvalue weighted by Gasteiger charge is 2.26. The SMILES string of the molecule is C/C=C/CC/C=C/CC/C=C/C(O)C(COP(=O)(O)OCCN)NC(=O)CCCCCCCCCCCCC/C=C\C/C=C\CCCCCCC. The van der Waals surface area contributed by atoms with E-state index in [1.807, 2.05) is 19.1 Å². The second kappa shape index (κ2) is 37.9. The predicted molar refractivity (Wildman–Crippen MR) is 217 cm³/mol. The van der Waals surface area contributed by atoms with Gasteiger partial charge < -0.3 is 21.1 Å². The maximum atomic E-state index is 12.7. The van der Waals surface area contributed by atoms with E-state index in [4.69, 9.17) is 14.8 Å². The molecule has 0 aromatic heterocycles. The van der Waals surface area contributed by atoms with Gasteiger partial charge in [-0.25, -0.2) is 4.57 Å². The van der Waals surface area contributed by atoms with E-state index >= 15 is 0 Å². The van der Waals surface area contributed by atoms with Crippen molar-refractivity contribution in [2.24, 2.45) is 5.73 Å². The fraction of sp³-hybridized carbons (Fsp3) is 0.738. The van der Waals surface area contributed by atoms with E-state index < -0.39 is 20.0 Å². The van der Waals surface area contributed by atoms with Crippen molar-refractivity contribution in [2.45, 2.75) is 180 Å². The fourth-order valence-electron chi connectivity index (χ4n) is 5.55. The summed E-state index contributed by atoms with van der Waals surface area (Å²) in [7, 11) is -4.34. The summed E-state index contributed by atoms with van der Waals surface area (Å²) in [6.07, 6.45) is 47.3. The molecular weight excluding hydrogens is 659 g/mol. The van der Waals surface area contributed by atoms with E-state index in [2.05, 4.69) is 54.8 Å². The van der Waals surface area contributed by atoms with E-state index in [0.717, 1.165) is 51.4 Å². The fourth-order valence-corrected chi connectivity index (χ4v) is 6.31. The van der Waals surface area contributed by atoms with Crippen molar-refractivity contribution in [3.8, 4) is 0 Å². The minimum atomic E-state index is -4.34. The Balaban J connectivity index is 4.10. The number of rotatable bonds is 37. The molecule has 9 heteroatoms. The molecule has 0 rings (SSSR count). The van der Waals surface area contributed by atoms with E-state index in [-0.39, 0.29) is 25.7 Å². The number of hydrogen-bond acceptors (Lipinski definition) is 6. The Bertz CT molecular complexity index is 980. The maximum absolute atomic E-state index is 12.7. The van der Waals surface area contributed by atoms with Gasteiger partial charge in [-0.05, 0) is 71.1 Å². The van der Waals surface area contributed by atoms with Crippen LogP contribution in [0.25, 0.3) is 0 Å². The molecule has 0 aliphatic carbocycles. The van der Waals surface area contributed by atoms with Crippen molar-refractivity contribution in [3.63, 3.8) is 0 Å². The molecule has 0 aliphatic rings. The summed E-state index contributed by atoms with van der Waals surface area (Å²) in [5.74, 6) is -0.216. The van der Waals surface area contributed by atoms with Crippen LogP contribution in [-0.2, 0) is 18.4 Å². The van der Waals surface area contributed by atoms with E-state index in [1.54, 1.807) is 6.08 Å². The van der Waals surface area contributed by atoms with Gasteiger partial charge in [0.1, 0.15) is 0 Å². The molecule has 0 heterocycles. The van der Waals surface area contributed by atoms with Crippen LogP contribution in [0.3, 0.4) is 0 Å². The summed E-state index contributed by atoms with van der Waals surface area (Å²) in [5, 5.41) is 13.5. The molecule has 3 unspecified atom stereocenters. The molecule has 0 fully saturated rings. The molecule has 0 aliphatic heterocycles. The molecule has 0 spiro atoms. The lowest BCUT2D eigenvalue weighted by Gasteiger charge is -2.23. The van der Waals surface area contributed by atoms with Crippen LogP contribution >= 0.6 is 7.82 Å². The zero-order valence-corrected chi connectivity index (χ0v) is 33.5. The number of amides is 1. The number of aliphatic hydroxyl groups is 1. The van der Waals surface area contributed by atoms with Crippen LogP contribution in [0.15, 0.2) is 60.8 Å². The van der Waals surface area contributed by atoms with E-state index in [9.17, 15) is 19.4 Å². The van der Waals surface area contributed by atoms with Crippen molar-refractivity contribution < 1.29 is 28.4 Å². The number of carbonyl (C=O) groups is 1. The first-order valence-electron chi connectivity index (χ1n) is 20.4.